The van der Waals surface area contributed by atoms with E-state index in [0.717, 1.165) is 28.1 Å². The number of anilines is 1. The van der Waals surface area contributed by atoms with Crippen LogP contribution in [0.5, 0.6) is 5.75 Å². The first-order chi connectivity index (χ1) is 16.9. The van der Waals surface area contributed by atoms with Crippen LogP contribution in [0.1, 0.15) is 58.1 Å². The number of ether oxygens (including phenoxy) is 1. The van der Waals surface area contributed by atoms with Gasteiger partial charge < -0.3 is 15.0 Å². The van der Waals surface area contributed by atoms with Crippen molar-refractivity contribution in [1.82, 2.24) is 10.2 Å². The summed E-state index contributed by atoms with van der Waals surface area (Å²) in [6, 6.07) is 13.5. The van der Waals surface area contributed by atoms with Crippen LogP contribution in [0.4, 0.5) is 5.69 Å². The van der Waals surface area contributed by atoms with Gasteiger partial charge in [0.05, 0.1) is 19.1 Å². The molecule has 2 aromatic rings. The third-order valence-corrected chi connectivity index (χ3v) is 7.32. The van der Waals surface area contributed by atoms with Gasteiger partial charge in [-0.3, -0.25) is 13.9 Å². The Morgan fingerprint density at radius 2 is 1.67 bits per heavy atom. The van der Waals surface area contributed by atoms with Crippen molar-refractivity contribution in [2.24, 2.45) is 0 Å². The van der Waals surface area contributed by atoms with Crippen LogP contribution in [0.15, 0.2) is 48.5 Å². The summed E-state index contributed by atoms with van der Waals surface area (Å²) in [4.78, 5) is 28.0. The first kappa shape index (κ1) is 29.2. The number of amides is 2. The third kappa shape index (κ3) is 7.98. The maximum atomic E-state index is 13.6. The minimum Gasteiger partial charge on any atom is -0.497 e. The topological polar surface area (TPSA) is 96.0 Å². The van der Waals surface area contributed by atoms with E-state index >= 15 is 0 Å². The first-order valence-corrected chi connectivity index (χ1v) is 14.0. The lowest BCUT2D eigenvalue weighted by molar-refractivity contribution is -0.139. The lowest BCUT2D eigenvalue weighted by Gasteiger charge is -2.32. The van der Waals surface area contributed by atoms with Gasteiger partial charge in [-0.1, -0.05) is 45.0 Å². The van der Waals surface area contributed by atoms with E-state index in [1.165, 1.54) is 4.90 Å². The molecule has 9 heteroatoms. The first-order valence-electron chi connectivity index (χ1n) is 12.2. The van der Waals surface area contributed by atoms with E-state index in [1.54, 1.807) is 44.4 Å². The average Bonchev–Trinajstić information content (AvgIpc) is 2.84. The standard InChI is InChI=1S/C27H39N3O5S/c1-8-20(4)28-27(32)21(5)29(17-22-10-9-11-25(16-22)35-6)26(31)18-30(36(7,33)34)24-14-12-23(13-15-24)19(2)3/h9-16,19-21H,8,17-18H2,1-7H3,(H,28,32)/t20-,21-/m1/s1. The molecule has 1 N–H and O–H groups in total. The molecule has 0 aliphatic heterocycles. The van der Waals surface area contributed by atoms with Gasteiger partial charge in [0.2, 0.25) is 21.8 Å². The lowest BCUT2D eigenvalue weighted by Crippen LogP contribution is -2.52. The zero-order valence-electron chi connectivity index (χ0n) is 22.3. The number of nitrogens with zero attached hydrogens (tertiary/aromatic N) is 2. The van der Waals surface area contributed by atoms with E-state index in [-0.39, 0.29) is 24.4 Å². The van der Waals surface area contributed by atoms with E-state index in [2.05, 4.69) is 19.2 Å². The molecular formula is C27H39N3O5S. The van der Waals surface area contributed by atoms with Crippen LogP contribution >= 0.6 is 0 Å². The fourth-order valence-electron chi connectivity index (χ4n) is 3.65. The van der Waals surface area contributed by atoms with Crippen molar-refractivity contribution < 1.29 is 22.7 Å². The van der Waals surface area contributed by atoms with Gasteiger partial charge in [0.1, 0.15) is 18.3 Å². The van der Waals surface area contributed by atoms with Crippen molar-refractivity contribution in [2.45, 2.75) is 65.6 Å². The molecule has 2 atom stereocenters. The van der Waals surface area contributed by atoms with Crippen LogP contribution in [-0.2, 0) is 26.2 Å². The molecule has 0 fully saturated rings. The summed E-state index contributed by atoms with van der Waals surface area (Å²) in [5.41, 5.74) is 2.22. The van der Waals surface area contributed by atoms with Gasteiger partial charge in [-0.15, -0.1) is 0 Å². The van der Waals surface area contributed by atoms with Gasteiger partial charge in [-0.05, 0) is 61.6 Å². The number of hydrogen-bond donors (Lipinski definition) is 1. The number of carbonyl (C=O) groups is 2. The smallest absolute Gasteiger partial charge is 0.244 e. The highest BCUT2D eigenvalue weighted by Gasteiger charge is 2.30. The Morgan fingerprint density at radius 3 is 2.19 bits per heavy atom. The number of rotatable bonds is 12. The van der Waals surface area contributed by atoms with Crippen molar-refractivity contribution in [3.63, 3.8) is 0 Å². The minimum absolute atomic E-state index is 0.0549. The summed E-state index contributed by atoms with van der Waals surface area (Å²) in [7, 11) is -2.21. The summed E-state index contributed by atoms with van der Waals surface area (Å²) in [6.07, 6.45) is 1.82. The zero-order valence-corrected chi connectivity index (χ0v) is 23.1. The predicted molar refractivity (Wildman–Crippen MR) is 144 cm³/mol. The fraction of sp³-hybridized carbons (Fsp3) is 0.481. The maximum absolute atomic E-state index is 13.6. The Kier molecular flexibility index (Phi) is 10.3. The second-order valence-corrected chi connectivity index (χ2v) is 11.3. The Hall–Kier alpha value is -3.07. The molecular weight excluding hydrogens is 478 g/mol. The van der Waals surface area contributed by atoms with E-state index < -0.39 is 28.5 Å². The molecule has 0 saturated heterocycles. The van der Waals surface area contributed by atoms with E-state index in [9.17, 15) is 18.0 Å². The second kappa shape index (κ2) is 12.8. The van der Waals surface area contributed by atoms with Gasteiger partial charge in [0, 0.05) is 12.6 Å². The maximum Gasteiger partial charge on any atom is 0.244 e. The van der Waals surface area contributed by atoms with Gasteiger partial charge in [0.25, 0.3) is 0 Å². The van der Waals surface area contributed by atoms with Gasteiger partial charge in [0.15, 0.2) is 0 Å². The van der Waals surface area contributed by atoms with Crippen LogP contribution in [0.25, 0.3) is 0 Å². The molecule has 0 unspecified atom stereocenters. The lowest BCUT2D eigenvalue weighted by atomic mass is 10.0. The van der Waals surface area contributed by atoms with Crippen LogP contribution in [0, 0.1) is 0 Å². The number of methoxy groups -OCH3 is 1. The molecule has 0 spiro atoms. The van der Waals surface area contributed by atoms with E-state index in [0.29, 0.717) is 11.4 Å². The molecule has 0 aliphatic rings. The molecule has 2 amide bonds. The average molecular weight is 518 g/mol. The number of benzene rings is 2. The summed E-state index contributed by atoms with van der Waals surface area (Å²) < 4.78 is 31.8. The molecule has 8 nitrogen and oxygen atoms in total. The van der Waals surface area contributed by atoms with Crippen LogP contribution in [-0.4, -0.2) is 57.1 Å². The Morgan fingerprint density at radius 1 is 1.03 bits per heavy atom. The number of sulfonamides is 1. The molecule has 0 aromatic heterocycles. The quantitative estimate of drug-likeness (QED) is 0.460. The predicted octanol–water partition coefficient (Wildman–Crippen LogP) is 3.92. The number of hydrogen-bond acceptors (Lipinski definition) is 5. The van der Waals surface area contributed by atoms with Crippen LogP contribution < -0.4 is 14.4 Å². The van der Waals surface area contributed by atoms with E-state index in [1.807, 2.05) is 32.0 Å². The van der Waals surface area contributed by atoms with Crippen molar-refractivity contribution in [3.8, 4) is 5.75 Å². The minimum atomic E-state index is -3.77. The Balaban J connectivity index is 2.40. The molecule has 2 aromatic carbocycles. The van der Waals surface area contributed by atoms with Crippen molar-refractivity contribution >= 4 is 27.5 Å². The van der Waals surface area contributed by atoms with Crippen molar-refractivity contribution in [1.29, 1.82) is 0 Å². The van der Waals surface area contributed by atoms with Gasteiger partial charge >= 0.3 is 0 Å². The monoisotopic (exact) mass is 517 g/mol. The Labute approximate surface area is 215 Å². The SMILES string of the molecule is CC[C@@H](C)NC(=O)[C@@H](C)N(Cc1cccc(OC)c1)C(=O)CN(c1ccc(C(C)C)cc1)S(C)(=O)=O. The fourth-order valence-corrected chi connectivity index (χ4v) is 4.50. The molecule has 0 bridgehead atoms. The highest BCUT2D eigenvalue weighted by Crippen LogP contribution is 2.23. The normalized spacial score (nSPS) is 13.1. The molecule has 2 rings (SSSR count). The van der Waals surface area contributed by atoms with Crippen LogP contribution in [0.3, 0.4) is 0 Å². The molecule has 198 valence electrons. The molecule has 0 aliphatic carbocycles. The van der Waals surface area contributed by atoms with Crippen molar-refractivity contribution in [2.75, 3.05) is 24.2 Å². The molecule has 0 saturated carbocycles. The molecule has 0 radical (unpaired) electrons. The summed E-state index contributed by atoms with van der Waals surface area (Å²) in [5.74, 6) is 0.131. The van der Waals surface area contributed by atoms with Crippen molar-refractivity contribution in [3.05, 3.63) is 59.7 Å². The van der Waals surface area contributed by atoms with Gasteiger partial charge in [-0.25, -0.2) is 8.42 Å². The molecule has 0 heterocycles. The molecule has 36 heavy (non-hydrogen) atoms. The Bertz CT molecular complexity index is 1130. The summed E-state index contributed by atoms with van der Waals surface area (Å²) in [6.45, 7) is 9.30. The second-order valence-electron chi connectivity index (χ2n) is 9.38. The number of carbonyl (C=O) groups excluding carboxylic acids is 2. The number of nitrogens with one attached hydrogen (secondary N) is 1. The summed E-state index contributed by atoms with van der Waals surface area (Å²) >= 11 is 0. The third-order valence-electron chi connectivity index (χ3n) is 6.18. The summed E-state index contributed by atoms with van der Waals surface area (Å²) in [5, 5.41) is 2.92. The van der Waals surface area contributed by atoms with Crippen LogP contribution in [0.2, 0.25) is 0 Å². The highest BCUT2D eigenvalue weighted by atomic mass is 32.2. The zero-order chi connectivity index (χ0) is 27.0. The van der Waals surface area contributed by atoms with Gasteiger partial charge in [-0.2, -0.15) is 0 Å². The van der Waals surface area contributed by atoms with E-state index in [4.69, 9.17) is 4.74 Å². The highest BCUT2D eigenvalue weighted by molar-refractivity contribution is 7.92. The largest absolute Gasteiger partial charge is 0.497 e.